The van der Waals surface area contributed by atoms with E-state index in [4.69, 9.17) is 11.6 Å². The molecular formula is C14H21Cl2FN2. The number of benzene rings is 1. The van der Waals surface area contributed by atoms with E-state index in [-0.39, 0.29) is 18.2 Å². The van der Waals surface area contributed by atoms with E-state index in [0.717, 1.165) is 25.1 Å². The van der Waals surface area contributed by atoms with Crippen molar-refractivity contribution in [1.29, 1.82) is 0 Å². The van der Waals surface area contributed by atoms with Gasteiger partial charge in [0.15, 0.2) is 0 Å². The molecule has 1 saturated heterocycles. The lowest BCUT2D eigenvalue weighted by molar-refractivity contribution is 0.214. The molecule has 2 rings (SSSR count). The smallest absolute Gasteiger partial charge is 0.129 e. The van der Waals surface area contributed by atoms with E-state index in [2.05, 4.69) is 17.3 Å². The molecule has 1 heterocycles. The van der Waals surface area contributed by atoms with Crippen LogP contribution in [0.25, 0.3) is 0 Å². The van der Waals surface area contributed by atoms with Gasteiger partial charge in [-0.2, -0.15) is 0 Å². The normalized spacial score (nSPS) is 19.9. The predicted molar refractivity (Wildman–Crippen MR) is 80.6 cm³/mol. The van der Waals surface area contributed by atoms with E-state index >= 15 is 0 Å². The molecule has 1 aliphatic heterocycles. The van der Waals surface area contributed by atoms with Gasteiger partial charge in [0.25, 0.3) is 0 Å². The average molecular weight is 307 g/mol. The molecule has 0 bridgehead atoms. The van der Waals surface area contributed by atoms with Gasteiger partial charge in [0.1, 0.15) is 5.82 Å². The van der Waals surface area contributed by atoms with Crippen molar-refractivity contribution >= 4 is 24.0 Å². The van der Waals surface area contributed by atoms with Gasteiger partial charge in [-0.1, -0.05) is 17.7 Å². The zero-order valence-corrected chi connectivity index (χ0v) is 12.7. The molecule has 0 aliphatic carbocycles. The van der Waals surface area contributed by atoms with Crippen molar-refractivity contribution in [3.05, 3.63) is 34.6 Å². The summed E-state index contributed by atoms with van der Waals surface area (Å²) < 4.78 is 13.7. The first kappa shape index (κ1) is 16.7. The fraction of sp³-hybridized carbons (Fsp3) is 0.571. The SMILES string of the molecule is CN(Cc1ccc(Cl)cc1F)C1CCCNCC1.Cl. The van der Waals surface area contributed by atoms with Gasteiger partial charge < -0.3 is 5.32 Å². The molecule has 2 nitrogen and oxygen atoms in total. The fourth-order valence-corrected chi connectivity index (χ4v) is 2.65. The van der Waals surface area contributed by atoms with Crippen LogP contribution in [0.2, 0.25) is 5.02 Å². The van der Waals surface area contributed by atoms with Crippen molar-refractivity contribution in [3.8, 4) is 0 Å². The Hall–Kier alpha value is -0.350. The Morgan fingerprint density at radius 1 is 1.37 bits per heavy atom. The molecule has 0 amide bonds. The Balaban J connectivity index is 0.00000180. The van der Waals surface area contributed by atoms with Gasteiger partial charge in [0, 0.05) is 23.2 Å². The first-order chi connectivity index (χ1) is 8.66. The zero-order valence-electron chi connectivity index (χ0n) is 11.2. The highest BCUT2D eigenvalue weighted by molar-refractivity contribution is 6.30. The zero-order chi connectivity index (χ0) is 13.0. The van der Waals surface area contributed by atoms with Crippen LogP contribution in [0, 0.1) is 5.82 Å². The number of hydrogen-bond acceptors (Lipinski definition) is 2. The lowest BCUT2D eigenvalue weighted by atomic mass is 10.1. The topological polar surface area (TPSA) is 15.3 Å². The van der Waals surface area contributed by atoms with E-state index in [1.165, 1.54) is 18.9 Å². The number of nitrogens with one attached hydrogen (secondary N) is 1. The number of rotatable bonds is 3. The van der Waals surface area contributed by atoms with Crippen LogP contribution in [0.5, 0.6) is 0 Å². The first-order valence-electron chi connectivity index (χ1n) is 6.51. The number of nitrogens with zero attached hydrogens (tertiary/aromatic N) is 1. The van der Waals surface area contributed by atoms with Crippen molar-refractivity contribution in [2.24, 2.45) is 0 Å². The summed E-state index contributed by atoms with van der Waals surface area (Å²) >= 11 is 5.76. The summed E-state index contributed by atoms with van der Waals surface area (Å²) in [5.41, 5.74) is 0.721. The Morgan fingerprint density at radius 3 is 2.89 bits per heavy atom. The van der Waals surface area contributed by atoms with Crippen LogP contribution in [0.15, 0.2) is 18.2 Å². The second kappa shape index (κ2) is 8.05. The third-order valence-corrected chi connectivity index (χ3v) is 3.84. The summed E-state index contributed by atoms with van der Waals surface area (Å²) in [6, 6.07) is 5.46. The molecule has 1 N–H and O–H groups in total. The minimum absolute atomic E-state index is 0. The van der Waals surface area contributed by atoms with E-state index in [9.17, 15) is 4.39 Å². The van der Waals surface area contributed by atoms with Crippen LogP contribution in [-0.2, 0) is 6.54 Å². The minimum Gasteiger partial charge on any atom is -0.317 e. The van der Waals surface area contributed by atoms with Gasteiger partial charge in [0.05, 0.1) is 0 Å². The summed E-state index contributed by atoms with van der Waals surface area (Å²) in [6.45, 7) is 2.80. The summed E-state index contributed by atoms with van der Waals surface area (Å²) in [5.74, 6) is -0.207. The fourth-order valence-electron chi connectivity index (χ4n) is 2.49. The van der Waals surface area contributed by atoms with Gasteiger partial charge >= 0.3 is 0 Å². The van der Waals surface area contributed by atoms with Crippen LogP contribution in [0.4, 0.5) is 4.39 Å². The van der Waals surface area contributed by atoms with Gasteiger partial charge in [-0.15, -0.1) is 12.4 Å². The molecule has 0 aromatic heterocycles. The van der Waals surface area contributed by atoms with Crippen LogP contribution in [0.3, 0.4) is 0 Å². The van der Waals surface area contributed by atoms with Crippen molar-refractivity contribution in [1.82, 2.24) is 10.2 Å². The molecule has 1 unspecified atom stereocenters. The first-order valence-corrected chi connectivity index (χ1v) is 6.89. The van der Waals surface area contributed by atoms with Crippen LogP contribution in [0.1, 0.15) is 24.8 Å². The Morgan fingerprint density at radius 2 is 2.16 bits per heavy atom. The molecule has 5 heteroatoms. The highest BCUT2D eigenvalue weighted by Crippen LogP contribution is 2.19. The summed E-state index contributed by atoms with van der Waals surface area (Å²) in [6.07, 6.45) is 3.50. The Bertz CT molecular complexity index is 393. The molecule has 1 fully saturated rings. The Kier molecular flexibility index (Phi) is 7.08. The third kappa shape index (κ3) is 4.92. The summed E-state index contributed by atoms with van der Waals surface area (Å²) in [7, 11) is 2.07. The summed E-state index contributed by atoms with van der Waals surface area (Å²) in [5, 5.41) is 3.85. The van der Waals surface area contributed by atoms with Crippen LogP contribution in [-0.4, -0.2) is 31.1 Å². The second-order valence-corrected chi connectivity index (χ2v) is 5.42. The average Bonchev–Trinajstić information content (AvgIpc) is 2.61. The van der Waals surface area contributed by atoms with E-state index in [1.807, 2.05) is 0 Å². The lowest BCUT2D eigenvalue weighted by Gasteiger charge is -2.27. The lowest BCUT2D eigenvalue weighted by Crippen LogP contribution is -2.32. The predicted octanol–water partition coefficient (Wildman–Crippen LogP) is 3.47. The van der Waals surface area contributed by atoms with E-state index in [0.29, 0.717) is 17.6 Å². The molecule has 1 aliphatic rings. The van der Waals surface area contributed by atoms with Crippen molar-refractivity contribution in [2.75, 3.05) is 20.1 Å². The molecule has 1 aromatic rings. The highest BCUT2D eigenvalue weighted by atomic mass is 35.5. The van der Waals surface area contributed by atoms with Crippen molar-refractivity contribution < 1.29 is 4.39 Å². The molecule has 0 radical (unpaired) electrons. The van der Waals surface area contributed by atoms with Crippen molar-refractivity contribution in [2.45, 2.75) is 31.8 Å². The molecule has 0 saturated carbocycles. The molecule has 1 aromatic carbocycles. The summed E-state index contributed by atoms with van der Waals surface area (Å²) in [4.78, 5) is 2.25. The monoisotopic (exact) mass is 306 g/mol. The third-order valence-electron chi connectivity index (χ3n) is 3.60. The van der Waals surface area contributed by atoms with Gasteiger partial charge in [-0.05, 0) is 51.5 Å². The number of halogens is 3. The molecule has 0 spiro atoms. The molecule has 1 atom stereocenters. The van der Waals surface area contributed by atoms with Crippen LogP contribution >= 0.6 is 24.0 Å². The highest BCUT2D eigenvalue weighted by Gasteiger charge is 2.17. The maximum Gasteiger partial charge on any atom is 0.129 e. The molecular weight excluding hydrogens is 286 g/mol. The number of hydrogen-bond donors (Lipinski definition) is 1. The van der Waals surface area contributed by atoms with Gasteiger partial charge in [-0.3, -0.25) is 4.90 Å². The van der Waals surface area contributed by atoms with Crippen LogP contribution < -0.4 is 5.32 Å². The quantitative estimate of drug-likeness (QED) is 0.920. The minimum atomic E-state index is -0.207. The second-order valence-electron chi connectivity index (χ2n) is 4.99. The van der Waals surface area contributed by atoms with Crippen molar-refractivity contribution in [3.63, 3.8) is 0 Å². The van der Waals surface area contributed by atoms with Gasteiger partial charge in [-0.25, -0.2) is 4.39 Å². The maximum atomic E-state index is 13.7. The van der Waals surface area contributed by atoms with E-state index in [1.54, 1.807) is 12.1 Å². The standard InChI is InChI=1S/C14H20ClFN2.ClH/c1-18(13-3-2-7-17-8-6-13)10-11-4-5-12(15)9-14(11)16;/h4-5,9,13,17H,2-3,6-8,10H2,1H3;1H. The maximum absolute atomic E-state index is 13.7. The molecule has 108 valence electrons. The molecule has 19 heavy (non-hydrogen) atoms. The van der Waals surface area contributed by atoms with Gasteiger partial charge in [0.2, 0.25) is 0 Å². The Labute approximate surface area is 125 Å². The largest absolute Gasteiger partial charge is 0.317 e. The van der Waals surface area contributed by atoms with E-state index < -0.39 is 0 Å².